The van der Waals surface area contributed by atoms with Gasteiger partial charge in [0.15, 0.2) is 0 Å². The van der Waals surface area contributed by atoms with E-state index in [1.165, 1.54) is 16.4 Å². The van der Waals surface area contributed by atoms with Crippen LogP contribution in [-0.2, 0) is 15.4 Å². The summed E-state index contributed by atoms with van der Waals surface area (Å²) in [6.07, 6.45) is 1.78. The fourth-order valence-corrected chi connectivity index (χ4v) is 4.98. The zero-order chi connectivity index (χ0) is 20.4. The Morgan fingerprint density at radius 3 is 2.36 bits per heavy atom. The van der Waals surface area contributed by atoms with Crippen LogP contribution in [0.15, 0.2) is 53.4 Å². The SMILES string of the molecule is CC(C)(CNC(=O)c1ccc(S(=O)(=O)N2CCCC2)cc1)c1cccc(Cl)c1. The number of nitrogens with one attached hydrogen (secondary N) is 1. The Hall–Kier alpha value is -1.89. The lowest BCUT2D eigenvalue weighted by molar-refractivity contribution is 0.0945. The van der Waals surface area contributed by atoms with E-state index in [9.17, 15) is 13.2 Å². The van der Waals surface area contributed by atoms with Crippen molar-refractivity contribution in [2.45, 2.75) is 37.0 Å². The van der Waals surface area contributed by atoms with Gasteiger partial charge in [0.2, 0.25) is 10.0 Å². The first kappa shape index (κ1) is 20.8. The number of hydrogen-bond donors (Lipinski definition) is 1. The molecule has 1 aliphatic rings. The van der Waals surface area contributed by atoms with Crippen LogP contribution in [0.3, 0.4) is 0 Å². The van der Waals surface area contributed by atoms with Gasteiger partial charge >= 0.3 is 0 Å². The van der Waals surface area contributed by atoms with Gasteiger partial charge < -0.3 is 5.32 Å². The highest BCUT2D eigenvalue weighted by molar-refractivity contribution is 7.89. The molecule has 1 aliphatic heterocycles. The third-order valence-corrected chi connectivity index (χ3v) is 7.26. The Kier molecular flexibility index (Phi) is 6.12. The van der Waals surface area contributed by atoms with Gasteiger partial charge in [-0.05, 0) is 54.8 Å². The molecule has 1 heterocycles. The molecular weight excluding hydrogens is 396 g/mol. The smallest absolute Gasteiger partial charge is 0.251 e. The molecule has 0 radical (unpaired) electrons. The van der Waals surface area contributed by atoms with Crippen LogP contribution in [0.25, 0.3) is 0 Å². The summed E-state index contributed by atoms with van der Waals surface area (Å²) in [6, 6.07) is 13.7. The van der Waals surface area contributed by atoms with E-state index in [0.29, 0.717) is 30.2 Å². The van der Waals surface area contributed by atoms with Gasteiger partial charge in [-0.1, -0.05) is 37.6 Å². The molecule has 3 rings (SSSR count). The van der Waals surface area contributed by atoms with Gasteiger partial charge in [-0.25, -0.2) is 8.42 Å². The van der Waals surface area contributed by atoms with Crippen molar-refractivity contribution in [3.05, 3.63) is 64.7 Å². The first-order valence-electron chi connectivity index (χ1n) is 9.35. The second-order valence-corrected chi connectivity index (χ2v) is 10.1. The van der Waals surface area contributed by atoms with Crippen LogP contribution >= 0.6 is 11.6 Å². The van der Waals surface area contributed by atoms with Gasteiger partial charge in [0.05, 0.1) is 4.90 Å². The van der Waals surface area contributed by atoms with Crippen molar-refractivity contribution in [3.63, 3.8) is 0 Å². The predicted octanol–water partition coefficient (Wildman–Crippen LogP) is 3.83. The fraction of sp³-hybridized carbons (Fsp3) is 0.381. The largest absolute Gasteiger partial charge is 0.351 e. The summed E-state index contributed by atoms with van der Waals surface area (Å²) < 4.78 is 26.6. The van der Waals surface area contributed by atoms with E-state index in [2.05, 4.69) is 5.32 Å². The molecule has 5 nitrogen and oxygen atoms in total. The van der Waals surface area contributed by atoms with Crippen LogP contribution in [0.4, 0.5) is 0 Å². The molecular formula is C21H25ClN2O3S. The molecule has 0 bridgehead atoms. The number of benzene rings is 2. The maximum atomic E-state index is 12.6. The number of sulfonamides is 1. The number of carbonyl (C=O) groups is 1. The Morgan fingerprint density at radius 1 is 1.11 bits per heavy atom. The fourth-order valence-electron chi connectivity index (χ4n) is 3.27. The molecule has 1 saturated heterocycles. The van der Waals surface area contributed by atoms with E-state index in [-0.39, 0.29) is 16.2 Å². The summed E-state index contributed by atoms with van der Waals surface area (Å²) in [5.41, 5.74) is 1.18. The summed E-state index contributed by atoms with van der Waals surface area (Å²) in [4.78, 5) is 12.7. The first-order chi connectivity index (χ1) is 13.2. The highest BCUT2D eigenvalue weighted by Crippen LogP contribution is 2.25. The number of hydrogen-bond acceptors (Lipinski definition) is 3. The molecule has 28 heavy (non-hydrogen) atoms. The summed E-state index contributed by atoms with van der Waals surface area (Å²) in [6.45, 7) is 5.61. The molecule has 150 valence electrons. The molecule has 2 aromatic carbocycles. The van der Waals surface area contributed by atoms with Crippen LogP contribution in [0.5, 0.6) is 0 Å². The normalized spacial score (nSPS) is 15.5. The van der Waals surface area contributed by atoms with E-state index in [0.717, 1.165) is 18.4 Å². The summed E-state index contributed by atoms with van der Waals surface area (Å²) in [5.74, 6) is -0.236. The molecule has 0 atom stereocenters. The maximum Gasteiger partial charge on any atom is 0.251 e. The van der Waals surface area contributed by atoms with Crippen molar-refractivity contribution in [2.24, 2.45) is 0 Å². The standard InChI is InChI=1S/C21H25ClN2O3S/c1-21(2,17-6-5-7-18(22)14-17)15-23-20(25)16-8-10-19(11-9-16)28(26,27)24-12-3-4-13-24/h5-11,14H,3-4,12-13,15H2,1-2H3,(H,23,25). The van der Waals surface area contributed by atoms with E-state index in [4.69, 9.17) is 11.6 Å². The lowest BCUT2D eigenvalue weighted by Gasteiger charge is -2.26. The quantitative estimate of drug-likeness (QED) is 0.772. The topological polar surface area (TPSA) is 66.5 Å². The third-order valence-electron chi connectivity index (χ3n) is 5.12. The summed E-state index contributed by atoms with van der Waals surface area (Å²) >= 11 is 6.07. The van der Waals surface area contributed by atoms with Crippen LogP contribution in [0.2, 0.25) is 5.02 Å². The second-order valence-electron chi connectivity index (χ2n) is 7.71. The van der Waals surface area contributed by atoms with Crippen LogP contribution < -0.4 is 5.32 Å². The highest BCUT2D eigenvalue weighted by Gasteiger charge is 2.27. The number of nitrogens with zero attached hydrogens (tertiary/aromatic N) is 1. The molecule has 0 spiro atoms. The second kappa shape index (κ2) is 8.23. The monoisotopic (exact) mass is 420 g/mol. The van der Waals surface area contributed by atoms with Gasteiger partial charge in [-0.3, -0.25) is 4.79 Å². The van der Waals surface area contributed by atoms with Crippen molar-refractivity contribution < 1.29 is 13.2 Å². The minimum atomic E-state index is -3.47. The molecule has 7 heteroatoms. The van der Waals surface area contributed by atoms with E-state index in [1.807, 2.05) is 38.1 Å². The number of halogens is 1. The lowest BCUT2D eigenvalue weighted by atomic mass is 9.84. The molecule has 0 unspecified atom stereocenters. The highest BCUT2D eigenvalue weighted by atomic mass is 35.5. The van der Waals surface area contributed by atoms with Crippen LogP contribution in [-0.4, -0.2) is 38.3 Å². The van der Waals surface area contributed by atoms with Gasteiger partial charge in [-0.2, -0.15) is 4.31 Å². The van der Waals surface area contributed by atoms with Crippen molar-refractivity contribution in [3.8, 4) is 0 Å². The minimum absolute atomic E-state index is 0.227. The van der Waals surface area contributed by atoms with E-state index in [1.54, 1.807) is 12.1 Å². The van der Waals surface area contributed by atoms with Crippen LogP contribution in [0.1, 0.15) is 42.6 Å². The van der Waals surface area contributed by atoms with Crippen molar-refractivity contribution >= 4 is 27.5 Å². The van der Waals surface area contributed by atoms with Crippen molar-refractivity contribution in [2.75, 3.05) is 19.6 Å². The average molecular weight is 421 g/mol. The molecule has 2 aromatic rings. The lowest BCUT2D eigenvalue weighted by Crippen LogP contribution is -2.36. The Balaban J connectivity index is 1.66. The molecule has 0 aromatic heterocycles. The number of rotatable bonds is 6. The predicted molar refractivity (Wildman–Crippen MR) is 111 cm³/mol. The van der Waals surface area contributed by atoms with Crippen molar-refractivity contribution in [1.82, 2.24) is 9.62 Å². The van der Waals surface area contributed by atoms with Gasteiger partial charge in [0.25, 0.3) is 5.91 Å². The Morgan fingerprint density at radius 2 is 1.75 bits per heavy atom. The Labute approximate surface area is 171 Å². The molecule has 1 amide bonds. The first-order valence-corrected chi connectivity index (χ1v) is 11.2. The zero-order valence-electron chi connectivity index (χ0n) is 16.1. The Bertz CT molecular complexity index is 950. The molecule has 1 N–H and O–H groups in total. The summed E-state index contributed by atoms with van der Waals surface area (Å²) in [7, 11) is -3.47. The summed E-state index contributed by atoms with van der Waals surface area (Å²) in [5, 5.41) is 3.59. The molecule has 1 fully saturated rings. The molecule has 0 aliphatic carbocycles. The maximum absolute atomic E-state index is 12.6. The van der Waals surface area contributed by atoms with Crippen molar-refractivity contribution in [1.29, 1.82) is 0 Å². The van der Waals surface area contributed by atoms with Gasteiger partial charge in [0, 0.05) is 35.6 Å². The van der Waals surface area contributed by atoms with E-state index < -0.39 is 10.0 Å². The van der Waals surface area contributed by atoms with Gasteiger partial charge in [-0.15, -0.1) is 0 Å². The van der Waals surface area contributed by atoms with Gasteiger partial charge in [0.1, 0.15) is 0 Å². The number of carbonyl (C=O) groups excluding carboxylic acids is 1. The molecule has 0 saturated carbocycles. The third kappa shape index (κ3) is 4.57. The minimum Gasteiger partial charge on any atom is -0.351 e. The number of amides is 1. The van der Waals surface area contributed by atoms with Crippen LogP contribution in [0, 0.1) is 0 Å². The zero-order valence-corrected chi connectivity index (χ0v) is 17.7. The average Bonchev–Trinajstić information content (AvgIpc) is 3.22. The van der Waals surface area contributed by atoms with E-state index >= 15 is 0 Å².